The second-order valence-electron chi connectivity index (χ2n) is 11.0. The number of pyridine rings is 1. The second-order valence-corrected chi connectivity index (χ2v) is 11.7. The maximum Gasteiger partial charge on any atom is 0.255 e. The molecule has 0 fully saturated rings. The quantitative estimate of drug-likeness (QED) is 0.0922. The zero-order chi connectivity index (χ0) is 33.6. The molecule has 3 aromatic heterocycles. The number of hydrogen-bond donors (Lipinski definition) is 0. The topological polar surface area (TPSA) is 59.6 Å². The number of ketones is 1. The Hall–Kier alpha value is -5.05. The molecule has 0 saturated carbocycles. The average Bonchev–Trinajstić information content (AvgIpc) is 3.58. The molecule has 0 aliphatic rings. The number of nitrogens with zero attached hydrogens (tertiary/aromatic N) is 4. The fourth-order valence-electron chi connectivity index (χ4n) is 5.90. The molecule has 236 valence electrons. The maximum absolute atomic E-state index is 15.8. The normalized spacial score (nSPS) is 11.6. The van der Waals surface area contributed by atoms with E-state index in [-0.39, 0.29) is 22.8 Å². The van der Waals surface area contributed by atoms with Gasteiger partial charge in [0.2, 0.25) is 5.78 Å². The summed E-state index contributed by atoms with van der Waals surface area (Å²) in [5, 5.41) is 0.471. The number of aryl methyl sites for hydroxylation is 3. The first-order chi connectivity index (χ1) is 22.6. The Morgan fingerprint density at radius 1 is 1.02 bits per heavy atom. The summed E-state index contributed by atoms with van der Waals surface area (Å²) in [6, 6.07) is 17.3. The number of rotatable bonds is 8. The molecule has 0 aliphatic carbocycles. The Kier molecular flexibility index (Phi) is 8.57. The first-order valence-corrected chi connectivity index (χ1v) is 15.5. The number of alkyl halides is 1. The summed E-state index contributed by atoms with van der Waals surface area (Å²) in [7, 11) is 1.93. The van der Waals surface area contributed by atoms with E-state index in [2.05, 4.69) is 11.6 Å². The van der Waals surface area contributed by atoms with Gasteiger partial charge in [-0.1, -0.05) is 54.6 Å². The van der Waals surface area contributed by atoms with Gasteiger partial charge >= 0.3 is 0 Å². The van der Waals surface area contributed by atoms with Crippen LogP contribution in [0.15, 0.2) is 91.7 Å². The highest BCUT2D eigenvalue weighted by Gasteiger charge is 2.27. The minimum absolute atomic E-state index is 0.0374. The summed E-state index contributed by atoms with van der Waals surface area (Å²) in [6.07, 6.45) is 5.83. The summed E-state index contributed by atoms with van der Waals surface area (Å²) in [5.41, 5.74) is 4.76. The predicted molar refractivity (Wildman–Crippen MR) is 185 cm³/mol. The smallest absolute Gasteiger partial charge is 0.255 e. The molecule has 6 aromatic rings. The number of aromatic nitrogens is 3. The van der Waals surface area contributed by atoms with Crippen LogP contribution in [0.3, 0.4) is 0 Å². The first-order valence-electron chi connectivity index (χ1n) is 14.6. The van der Waals surface area contributed by atoms with E-state index in [0.29, 0.717) is 21.6 Å². The van der Waals surface area contributed by atoms with E-state index >= 15 is 8.78 Å². The molecular weight excluding hydrogens is 641 g/mol. The van der Waals surface area contributed by atoms with E-state index in [1.807, 2.05) is 37.6 Å². The third kappa shape index (κ3) is 5.43. The van der Waals surface area contributed by atoms with Crippen molar-refractivity contribution in [3.8, 4) is 11.1 Å². The number of carbonyl (C=O) groups excluding carboxylic acids is 2. The Morgan fingerprint density at radius 3 is 2.38 bits per heavy atom. The van der Waals surface area contributed by atoms with Gasteiger partial charge in [0.05, 0.1) is 21.7 Å². The van der Waals surface area contributed by atoms with E-state index in [0.717, 1.165) is 51.1 Å². The van der Waals surface area contributed by atoms with Crippen LogP contribution < -0.4 is 4.90 Å². The number of anilines is 2. The van der Waals surface area contributed by atoms with Gasteiger partial charge in [0.25, 0.3) is 5.91 Å². The van der Waals surface area contributed by atoms with Crippen LogP contribution in [-0.2, 0) is 11.8 Å². The van der Waals surface area contributed by atoms with Crippen LogP contribution in [0, 0.1) is 25.5 Å². The van der Waals surface area contributed by atoms with Crippen LogP contribution >= 0.6 is 23.2 Å². The van der Waals surface area contributed by atoms with Gasteiger partial charge in [-0.05, 0) is 61.9 Å². The molecule has 6 nitrogen and oxygen atoms in total. The summed E-state index contributed by atoms with van der Waals surface area (Å²) >= 11 is 12.7. The van der Waals surface area contributed by atoms with Crippen LogP contribution in [0.2, 0.25) is 5.02 Å². The highest BCUT2D eigenvalue weighted by atomic mass is 35.5. The molecule has 3 heterocycles. The van der Waals surface area contributed by atoms with Gasteiger partial charge in [-0.25, -0.2) is 13.8 Å². The first kappa shape index (κ1) is 31.9. The molecule has 47 heavy (non-hydrogen) atoms. The van der Waals surface area contributed by atoms with Crippen LogP contribution in [0.25, 0.3) is 33.8 Å². The van der Waals surface area contributed by atoms with Crippen molar-refractivity contribution in [1.82, 2.24) is 14.0 Å². The third-order valence-corrected chi connectivity index (χ3v) is 8.71. The van der Waals surface area contributed by atoms with Crippen LogP contribution in [-0.4, -0.2) is 31.5 Å². The fraction of sp³-hybridized carbons (Fsp3) is 0.108. The van der Waals surface area contributed by atoms with E-state index in [9.17, 15) is 9.59 Å². The highest BCUT2D eigenvalue weighted by Crippen LogP contribution is 2.41. The zero-order valence-corrected chi connectivity index (χ0v) is 27.2. The third-order valence-electron chi connectivity index (χ3n) is 8.17. The summed E-state index contributed by atoms with van der Waals surface area (Å²) < 4.78 is 35.3. The number of allylic oxidation sites excluding steroid dienone is 1. The van der Waals surface area contributed by atoms with E-state index in [4.69, 9.17) is 23.2 Å². The SMILES string of the molecule is C=Cc1cc(C(=O)c2cc(F)c(N(C(=O)/C=C/CCl)c3ccccc3)c(F)c2)n2cccc(-c3c(C)cc4c(nc(C)n4C)c3Cl)c12. The number of fused-ring (bicyclic) bond motifs is 2. The summed E-state index contributed by atoms with van der Waals surface area (Å²) in [4.78, 5) is 32.6. The molecule has 6 rings (SSSR count). The maximum atomic E-state index is 15.8. The molecule has 1 amide bonds. The lowest BCUT2D eigenvalue weighted by atomic mass is 9.98. The Balaban J connectivity index is 1.48. The van der Waals surface area contributed by atoms with Gasteiger partial charge in [0, 0.05) is 53.1 Å². The number of amides is 1. The van der Waals surface area contributed by atoms with Crippen molar-refractivity contribution in [1.29, 1.82) is 0 Å². The summed E-state index contributed by atoms with van der Waals surface area (Å²) in [5.74, 6) is -2.66. The largest absolute Gasteiger partial charge is 0.331 e. The summed E-state index contributed by atoms with van der Waals surface area (Å²) in [6.45, 7) is 7.81. The molecule has 0 radical (unpaired) electrons. The van der Waals surface area contributed by atoms with Gasteiger partial charge in [0.15, 0.2) is 11.6 Å². The van der Waals surface area contributed by atoms with Gasteiger partial charge in [-0.2, -0.15) is 0 Å². The van der Waals surface area contributed by atoms with Crippen LogP contribution in [0.1, 0.15) is 33.0 Å². The molecule has 0 saturated heterocycles. The monoisotopic (exact) mass is 668 g/mol. The zero-order valence-electron chi connectivity index (χ0n) is 25.7. The van der Waals surface area contributed by atoms with Crippen molar-refractivity contribution >= 4 is 68.9 Å². The van der Waals surface area contributed by atoms with E-state index in [1.165, 1.54) is 6.08 Å². The van der Waals surface area contributed by atoms with Crippen molar-refractivity contribution in [2.24, 2.45) is 7.05 Å². The minimum atomic E-state index is -1.09. The van der Waals surface area contributed by atoms with Crippen molar-refractivity contribution in [3.63, 3.8) is 0 Å². The van der Waals surface area contributed by atoms with Crippen molar-refractivity contribution in [2.75, 3.05) is 10.8 Å². The standard InChI is InChI=1S/C37H28Cl2F2N4O2/c1-5-23-20-30(44-16-10-13-26(35(23)44)32-21(2)17-29-34(33(32)39)42-22(3)43(29)4)37(47)24-18-27(40)36(28(41)19-24)45(31(46)14-9-15-38)25-11-7-6-8-12-25/h5-14,16-20H,1,15H2,2-4H3/b14-9+. The number of hydrogen-bond acceptors (Lipinski definition) is 3. The molecule has 3 aromatic carbocycles. The molecule has 10 heteroatoms. The predicted octanol–water partition coefficient (Wildman–Crippen LogP) is 9.38. The fourth-order valence-corrected chi connectivity index (χ4v) is 6.38. The van der Waals surface area contributed by atoms with Gasteiger partial charge in [-0.3, -0.25) is 14.5 Å². The van der Waals surface area contributed by atoms with Gasteiger partial charge in [0.1, 0.15) is 17.0 Å². The average molecular weight is 670 g/mol. The van der Waals surface area contributed by atoms with Crippen LogP contribution in [0.4, 0.5) is 20.2 Å². The molecule has 0 unspecified atom stereocenters. The molecule has 0 bridgehead atoms. The van der Waals surface area contributed by atoms with Gasteiger partial charge < -0.3 is 8.97 Å². The molecular formula is C37H28Cl2F2N4O2. The lowest BCUT2D eigenvalue weighted by Gasteiger charge is -2.23. The number of benzene rings is 3. The van der Waals surface area contributed by atoms with Gasteiger partial charge in [-0.15, -0.1) is 11.6 Å². The highest BCUT2D eigenvalue weighted by molar-refractivity contribution is 6.38. The Labute approximate surface area is 279 Å². The Bertz CT molecular complexity index is 2250. The number of imidazole rings is 1. The van der Waals surface area contributed by atoms with Crippen molar-refractivity contribution < 1.29 is 18.4 Å². The van der Waals surface area contributed by atoms with E-state index < -0.39 is 29.0 Å². The Morgan fingerprint density at radius 2 is 1.72 bits per heavy atom. The van der Waals surface area contributed by atoms with Crippen LogP contribution in [0.5, 0.6) is 0 Å². The second kappa shape index (κ2) is 12.6. The number of halogens is 4. The lowest BCUT2D eigenvalue weighted by molar-refractivity contribution is -0.113. The minimum Gasteiger partial charge on any atom is -0.331 e. The van der Waals surface area contributed by atoms with Crippen molar-refractivity contribution in [2.45, 2.75) is 13.8 Å². The molecule has 0 aliphatic heterocycles. The van der Waals surface area contributed by atoms with E-state index in [1.54, 1.807) is 59.1 Å². The molecule has 0 atom stereocenters. The number of para-hydroxylation sites is 1. The van der Waals surface area contributed by atoms with Crippen molar-refractivity contribution in [3.05, 3.63) is 137 Å². The number of carbonyl (C=O) groups is 2. The lowest BCUT2D eigenvalue weighted by Crippen LogP contribution is -2.26. The molecule has 0 spiro atoms. The molecule has 0 N–H and O–H groups in total.